The molecule has 20 heavy (non-hydrogen) atoms. The minimum atomic E-state index is -0.402. The Balaban J connectivity index is 1.55. The van der Waals surface area contributed by atoms with Crippen molar-refractivity contribution in [1.82, 2.24) is 10.1 Å². The Morgan fingerprint density at radius 2 is 1.90 bits per heavy atom. The molecule has 106 valence electrons. The Morgan fingerprint density at radius 1 is 1.15 bits per heavy atom. The molecular formula is C15H19N3O2. The average Bonchev–Trinajstić information content (AvgIpc) is 3.10. The van der Waals surface area contributed by atoms with Gasteiger partial charge in [0.25, 0.3) is 5.89 Å². The summed E-state index contributed by atoms with van der Waals surface area (Å²) in [5, 5.41) is 4.00. The molecule has 2 N–H and O–H groups in total. The highest BCUT2D eigenvalue weighted by molar-refractivity contribution is 5.13. The summed E-state index contributed by atoms with van der Waals surface area (Å²) in [5.74, 6) is 1.11. The Kier molecular flexibility index (Phi) is 3.80. The average molecular weight is 273 g/mol. The van der Waals surface area contributed by atoms with Crippen LogP contribution in [0.3, 0.4) is 0 Å². The lowest BCUT2D eigenvalue weighted by Crippen LogP contribution is -2.34. The quantitative estimate of drug-likeness (QED) is 0.906. The van der Waals surface area contributed by atoms with E-state index in [9.17, 15) is 0 Å². The van der Waals surface area contributed by atoms with E-state index in [2.05, 4.69) is 10.1 Å². The zero-order valence-corrected chi connectivity index (χ0v) is 11.4. The van der Waals surface area contributed by atoms with E-state index < -0.39 is 5.54 Å². The zero-order valence-electron chi connectivity index (χ0n) is 11.4. The van der Waals surface area contributed by atoms with Gasteiger partial charge in [0.05, 0.1) is 12.1 Å². The van der Waals surface area contributed by atoms with Crippen LogP contribution in [-0.4, -0.2) is 10.1 Å². The highest BCUT2D eigenvalue weighted by Gasteiger charge is 2.35. The number of nitrogens with two attached hydrogens (primary N) is 1. The zero-order chi connectivity index (χ0) is 13.8. The maximum atomic E-state index is 6.29. The minimum Gasteiger partial charge on any atom is -0.367 e. The molecule has 3 rings (SSSR count). The Labute approximate surface area is 118 Å². The summed E-state index contributed by atoms with van der Waals surface area (Å²) >= 11 is 0. The third-order valence-corrected chi connectivity index (χ3v) is 3.75. The van der Waals surface area contributed by atoms with Crippen LogP contribution in [-0.2, 0) is 23.5 Å². The highest BCUT2D eigenvalue weighted by Crippen LogP contribution is 2.34. The number of aromatic nitrogens is 2. The maximum absolute atomic E-state index is 6.29. The van der Waals surface area contributed by atoms with Gasteiger partial charge in [-0.3, -0.25) is 0 Å². The molecule has 1 saturated carbocycles. The molecule has 0 bridgehead atoms. The van der Waals surface area contributed by atoms with Crippen molar-refractivity contribution < 1.29 is 9.26 Å². The highest BCUT2D eigenvalue weighted by atomic mass is 16.5. The van der Waals surface area contributed by atoms with Crippen LogP contribution >= 0.6 is 0 Å². The van der Waals surface area contributed by atoms with Crippen LogP contribution in [0.1, 0.15) is 43.0 Å². The summed E-state index contributed by atoms with van der Waals surface area (Å²) in [6, 6.07) is 10.00. The van der Waals surface area contributed by atoms with Gasteiger partial charge in [0.1, 0.15) is 6.61 Å². The first-order valence-corrected chi connectivity index (χ1v) is 7.00. The van der Waals surface area contributed by atoms with E-state index in [1.165, 1.54) is 0 Å². The van der Waals surface area contributed by atoms with Crippen molar-refractivity contribution in [2.75, 3.05) is 0 Å². The summed E-state index contributed by atoms with van der Waals surface area (Å²) in [6.45, 7) is 0.851. The lowest BCUT2D eigenvalue weighted by atomic mass is 9.99. The fraction of sp³-hybridized carbons (Fsp3) is 0.467. The minimum absolute atomic E-state index is 0.317. The summed E-state index contributed by atoms with van der Waals surface area (Å²) < 4.78 is 10.8. The van der Waals surface area contributed by atoms with Crippen LogP contribution < -0.4 is 5.73 Å². The fourth-order valence-corrected chi connectivity index (χ4v) is 2.58. The van der Waals surface area contributed by atoms with Crippen LogP contribution in [0, 0.1) is 0 Å². The van der Waals surface area contributed by atoms with Crippen molar-refractivity contribution in [3.05, 3.63) is 47.6 Å². The smallest absolute Gasteiger partial charge is 0.252 e. The molecule has 1 aliphatic carbocycles. The van der Waals surface area contributed by atoms with Gasteiger partial charge in [0, 0.05) is 0 Å². The van der Waals surface area contributed by atoms with Gasteiger partial charge in [-0.25, -0.2) is 0 Å². The first-order chi connectivity index (χ1) is 9.76. The van der Waals surface area contributed by atoms with Crippen molar-refractivity contribution in [3.63, 3.8) is 0 Å². The van der Waals surface area contributed by atoms with Gasteiger partial charge in [-0.15, -0.1) is 0 Å². The van der Waals surface area contributed by atoms with Crippen LogP contribution in [0.5, 0.6) is 0 Å². The molecule has 0 amide bonds. The standard InChI is InChI=1S/C15H19N3O2/c16-15(8-4-5-9-15)14-17-13(20-18-14)11-19-10-12-6-2-1-3-7-12/h1-3,6-7H,4-5,8-11,16H2. The van der Waals surface area contributed by atoms with Crippen LogP contribution in [0.4, 0.5) is 0 Å². The van der Waals surface area contributed by atoms with E-state index in [1.807, 2.05) is 30.3 Å². The van der Waals surface area contributed by atoms with Gasteiger partial charge in [-0.05, 0) is 18.4 Å². The van der Waals surface area contributed by atoms with E-state index in [4.69, 9.17) is 15.0 Å². The maximum Gasteiger partial charge on any atom is 0.252 e. The number of hydrogen-bond acceptors (Lipinski definition) is 5. The number of benzene rings is 1. The molecule has 0 saturated heterocycles. The normalized spacial score (nSPS) is 17.4. The van der Waals surface area contributed by atoms with Crippen molar-refractivity contribution in [1.29, 1.82) is 0 Å². The Bertz CT molecular complexity index is 547. The summed E-state index contributed by atoms with van der Waals surface area (Å²) in [7, 11) is 0. The van der Waals surface area contributed by atoms with Gasteiger partial charge in [-0.1, -0.05) is 48.3 Å². The molecule has 0 aliphatic heterocycles. The van der Waals surface area contributed by atoms with Crippen LogP contribution in [0.25, 0.3) is 0 Å². The molecule has 0 atom stereocenters. The topological polar surface area (TPSA) is 74.2 Å². The Morgan fingerprint density at radius 3 is 2.65 bits per heavy atom. The predicted molar refractivity (Wildman–Crippen MR) is 73.6 cm³/mol. The monoisotopic (exact) mass is 273 g/mol. The summed E-state index contributed by atoms with van der Waals surface area (Å²) in [5.41, 5.74) is 7.01. The predicted octanol–water partition coefficient (Wildman–Crippen LogP) is 2.51. The molecule has 5 heteroatoms. The van der Waals surface area contributed by atoms with Crippen molar-refractivity contribution in [2.24, 2.45) is 5.73 Å². The molecular weight excluding hydrogens is 254 g/mol. The molecule has 0 radical (unpaired) electrons. The Hall–Kier alpha value is -1.72. The number of ether oxygens (including phenoxy) is 1. The number of nitrogens with zero attached hydrogens (tertiary/aromatic N) is 2. The fourth-order valence-electron chi connectivity index (χ4n) is 2.58. The first-order valence-electron chi connectivity index (χ1n) is 7.00. The SMILES string of the molecule is NC1(c2noc(COCc3ccccc3)n2)CCCC1. The number of hydrogen-bond donors (Lipinski definition) is 1. The van der Waals surface area contributed by atoms with Gasteiger partial charge in [0.2, 0.25) is 0 Å². The summed E-state index contributed by atoms with van der Waals surface area (Å²) in [4.78, 5) is 4.37. The third kappa shape index (κ3) is 2.89. The van der Waals surface area contributed by atoms with E-state index in [0.29, 0.717) is 24.9 Å². The number of rotatable bonds is 5. The molecule has 1 aromatic carbocycles. The van der Waals surface area contributed by atoms with E-state index in [1.54, 1.807) is 0 Å². The van der Waals surface area contributed by atoms with Gasteiger partial charge in [0.15, 0.2) is 5.82 Å². The van der Waals surface area contributed by atoms with Crippen LogP contribution in [0.2, 0.25) is 0 Å². The lowest BCUT2D eigenvalue weighted by Gasteiger charge is -2.17. The molecule has 1 aliphatic rings. The van der Waals surface area contributed by atoms with Gasteiger partial charge in [-0.2, -0.15) is 4.98 Å². The van der Waals surface area contributed by atoms with E-state index >= 15 is 0 Å². The molecule has 0 spiro atoms. The largest absolute Gasteiger partial charge is 0.367 e. The molecule has 2 aromatic rings. The van der Waals surface area contributed by atoms with Gasteiger partial charge < -0.3 is 15.0 Å². The van der Waals surface area contributed by atoms with Gasteiger partial charge >= 0.3 is 0 Å². The molecule has 1 fully saturated rings. The molecule has 0 unspecified atom stereocenters. The first kappa shape index (κ1) is 13.3. The summed E-state index contributed by atoms with van der Waals surface area (Å²) in [6.07, 6.45) is 4.11. The van der Waals surface area contributed by atoms with Crippen molar-refractivity contribution in [3.8, 4) is 0 Å². The van der Waals surface area contributed by atoms with Crippen LogP contribution in [0.15, 0.2) is 34.9 Å². The molecule has 1 aromatic heterocycles. The lowest BCUT2D eigenvalue weighted by molar-refractivity contribution is 0.0850. The second-order valence-electron chi connectivity index (χ2n) is 5.35. The molecule has 5 nitrogen and oxygen atoms in total. The second kappa shape index (κ2) is 5.73. The van der Waals surface area contributed by atoms with E-state index in [-0.39, 0.29) is 0 Å². The van der Waals surface area contributed by atoms with Crippen molar-refractivity contribution >= 4 is 0 Å². The third-order valence-electron chi connectivity index (χ3n) is 3.75. The second-order valence-corrected chi connectivity index (χ2v) is 5.35. The molecule has 1 heterocycles. The van der Waals surface area contributed by atoms with E-state index in [0.717, 1.165) is 31.2 Å². The van der Waals surface area contributed by atoms with Crippen molar-refractivity contribution in [2.45, 2.75) is 44.4 Å².